The number of amides is 1. The molecule has 5 heteroatoms. The molecule has 0 saturated heterocycles. The lowest BCUT2D eigenvalue weighted by Gasteiger charge is -2.07. The highest BCUT2D eigenvalue weighted by atomic mass is 16.1. The second-order valence-electron chi connectivity index (χ2n) is 5.96. The van der Waals surface area contributed by atoms with E-state index in [0.717, 1.165) is 28.0 Å². The molecular formula is C20H18N4O. The summed E-state index contributed by atoms with van der Waals surface area (Å²) in [6.45, 7) is 0. The molecule has 2 aromatic heterocycles. The van der Waals surface area contributed by atoms with E-state index >= 15 is 0 Å². The highest BCUT2D eigenvalue weighted by molar-refractivity contribution is 5.92. The first-order chi connectivity index (χ1) is 12.3. The smallest absolute Gasteiger partial charge is 0.224 e. The fraction of sp³-hybridized carbons (Fsp3) is 0.100. The zero-order valence-corrected chi connectivity index (χ0v) is 13.6. The molecule has 124 valence electrons. The van der Waals surface area contributed by atoms with E-state index in [-0.39, 0.29) is 5.91 Å². The molecule has 4 rings (SSSR count). The van der Waals surface area contributed by atoms with Gasteiger partial charge in [0.1, 0.15) is 0 Å². The molecule has 0 atom stereocenters. The summed E-state index contributed by atoms with van der Waals surface area (Å²) in [5.74, 6) is 0.00652. The number of hydrogen-bond acceptors (Lipinski definition) is 2. The lowest BCUT2D eigenvalue weighted by Crippen LogP contribution is -2.12. The molecule has 0 aliphatic heterocycles. The number of carbonyl (C=O) groups is 1. The Hall–Kier alpha value is -3.34. The third-order valence-corrected chi connectivity index (χ3v) is 4.25. The number of H-pyrrole nitrogens is 2. The highest BCUT2D eigenvalue weighted by Crippen LogP contribution is 2.21. The maximum Gasteiger partial charge on any atom is 0.224 e. The number of anilines is 1. The minimum atomic E-state index is 0.00652. The second kappa shape index (κ2) is 6.65. The van der Waals surface area contributed by atoms with Crippen molar-refractivity contribution in [3.8, 4) is 11.3 Å². The molecule has 5 nitrogen and oxygen atoms in total. The van der Waals surface area contributed by atoms with Crippen molar-refractivity contribution < 1.29 is 4.79 Å². The van der Waals surface area contributed by atoms with Crippen molar-refractivity contribution in [2.45, 2.75) is 12.8 Å². The molecule has 2 aromatic carbocycles. The average Bonchev–Trinajstić information content (AvgIpc) is 3.30. The predicted octanol–water partition coefficient (Wildman–Crippen LogP) is 4.13. The van der Waals surface area contributed by atoms with Gasteiger partial charge in [0.25, 0.3) is 0 Å². The molecule has 2 heterocycles. The topological polar surface area (TPSA) is 73.6 Å². The van der Waals surface area contributed by atoms with Gasteiger partial charge in [-0.05, 0) is 36.2 Å². The van der Waals surface area contributed by atoms with Crippen LogP contribution in [0.3, 0.4) is 0 Å². The minimum absolute atomic E-state index is 0.00652. The summed E-state index contributed by atoms with van der Waals surface area (Å²) in [4.78, 5) is 15.5. The van der Waals surface area contributed by atoms with Gasteiger partial charge in [-0.25, -0.2) is 0 Å². The van der Waals surface area contributed by atoms with Crippen molar-refractivity contribution in [1.82, 2.24) is 15.2 Å². The zero-order chi connectivity index (χ0) is 17.1. The van der Waals surface area contributed by atoms with Crippen molar-refractivity contribution in [3.63, 3.8) is 0 Å². The van der Waals surface area contributed by atoms with E-state index in [4.69, 9.17) is 0 Å². The third kappa shape index (κ3) is 3.30. The fourth-order valence-electron chi connectivity index (χ4n) is 2.99. The van der Waals surface area contributed by atoms with E-state index in [1.807, 2.05) is 54.7 Å². The molecular weight excluding hydrogens is 312 g/mol. The maximum absolute atomic E-state index is 12.3. The predicted molar refractivity (Wildman–Crippen MR) is 99.3 cm³/mol. The van der Waals surface area contributed by atoms with E-state index in [9.17, 15) is 4.79 Å². The average molecular weight is 330 g/mol. The standard InChI is InChI=1S/C20H18N4O/c25-20(9-8-15-13-21-19-7-2-1-6-17(15)19)23-16-5-3-4-14(12-16)18-10-11-22-24-18/h1-7,10-13,21H,8-9H2,(H,22,24)(H,23,25). The Morgan fingerprint density at radius 1 is 1.08 bits per heavy atom. The van der Waals surface area contributed by atoms with Crippen molar-refractivity contribution in [3.05, 3.63) is 72.6 Å². The number of aromatic nitrogens is 3. The molecule has 0 spiro atoms. The Labute approximate surface area is 145 Å². The van der Waals surface area contributed by atoms with Gasteiger partial charge < -0.3 is 10.3 Å². The van der Waals surface area contributed by atoms with Gasteiger partial charge in [0, 0.05) is 41.0 Å². The summed E-state index contributed by atoms with van der Waals surface area (Å²) in [5.41, 5.74) is 4.97. The Balaban J connectivity index is 1.42. The number of fused-ring (bicyclic) bond motifs is 1. The number of benzene rings is 2. The molecule has 0 radical (unpaired) electrons. The van der Waals surface area contributed by atoms with Gasteiger partial charge in [-0.2, -0.15) is 5.10 Å². The Kier molecular flexibility index (Phi) is 4.04. The van der Waals surface area contributed by atoms with Crippen LogP contribution in [-0.2, 0) is 11.2 Å². The molecule has 4 aromatic rings. The SMILES string of the molecule is O=C(CCc1c[nH]c2ccccc12)Nc1cccc(-c2ccn[nH]2)c1. The summed E-state index contributed by atoms with van der Waals surface area (Å²) in [6, 6.07) is 17.8. The second-order valence-corrected chi connectivity index (χ2v) is 5.96. The first-order valence-corrected chi connectivity index (χ1v) is 8.24. The van der Waals surface area contributed by atoms with Gasteiger partial charge in [-0.3, -0.25) is 9.89 Å². The molecule has 1 amide bonds. The third-order valence-electron chi connectivity index (χ3n) is 4.25. The number of aromatic amines is 2. The molecule has 3 N–H and O–H groups in total. The van der Waals surface area contributed by atoms with Crippen LogP contribution in [0.15, 0.2) is 67.0 Å². The lowest BCUT2D eigenvalue weighted by atomic mass is 10.1. The largest absolute Gasteiger partial charge is 0.361 e. The van der Waals surface area contributed by atoms with E-state index in [1.165, 1.54) is 5.39 Å². The lowest BCUT2D eigenvalue weighted by molar-refractivity contribution is -0.116. The zero-order valence-electron chi connectivity index (χ0n) is 13.6. The Bertz CT molecular complexity index is 1000. The normalized spacial score (nSPS) is 10.9. The number of carbonyl (C=O) groups excluding carboxylic acids is 1. The van der Waals surface area contributed by atoms with E-state index < -0.39 is 0 Å². The molecule has 25 heavy (non-hydrogen) atoms. The number of hydrogen-bond donors (Lipinski definition) is 3. The number of aryl methyl sites for hydroxylation is 1. The first kappa shape index (κ1) is 15.2. The molecule has 0 saturated carbocycles. The van der Waals surface area contributed by atoms with Crippen LogP contribution >= 0.6 is 0 Å². The van der Waals surface area contributed by atoms with Gasteiger partial charge in [0.15, 0.2) is 0 Å². The quantitative estimate of drug-likeness (QED) is 0.515. The van der Waals surface area contributed by atoms with Crippen LogP contribution in [0.4, 0.5) is 5.69 Å². The summed E-state index contributed by atoms with van der Waals surface area (Å²) < 4.78 is 0. The number of rotatable bonds is 5. The monoisotopic (exact) mass is 330 g/mol. The molecule has 0 unspecified atom stereocenters. The molecule has 0 aliphatic rings. The van der Waals surface area contributed by atoms with Crippen LogP contribution in [0.1, 0.15) is 12.0 Å². The van der Waals surface area contributed by atoms with Crippen molar-refractivity contribution in [2.75, 3.05) is 5.32 Å². The Morgan fingerprint density at radius 2 is 2.00 bits per heavy atom. The number of nitrogens with zero attached hydrogens (tertiary/aromatic N) is 1. The van der Waals surface area contributed by atoms with E-state index in [1.54, 1.807) is 6.20 Å². The summed E-state index contributed by atoms with van der Waals surface area (Å²) in [5, 5.41) is 11.0. The number of para-hydroxylation sites is 1. The summed E-state index contributed by atoms with van der Waals surface area (Å²) >= 11 is 0. The van der Waals surface area contributed by atoms with Crippen LogP contribution in [0.25, 0.3) is 22.2 Å². The van der Waals surface area contributed by atoms with Crippen molar-refractivity contribution in [2.24, 2.45) is 0 Å². The van der Waals surface area contributed by atoms with Gasteiger partial charge in [0.2, 0.25) is 5.91 Å². The minimum Gasteiger partial charge on any atom is -0.361 e. The Morgan fingerprint density at radius 3 is 2.88 bits per heavy atom. The molecule has 0 aliphatic carbocycles. The first-order valence-electron chi connectivity index (χ1n) is 8.24. The van der Waals surface area contributed by atoms with Crippen LogP contribution in [0, 0.1) is 0 Å². The fourth-order valence-corrected chi connectivity index (χ4v) is 2.99. The maximum atomic E-state index is 12.3. The van der Waals surface area contributed by atoms with Gasteiger partial charge in [-0.15, -0.1) is 0 Å². The van der Waals surface area contributed by atoms with Crippen LogP contribution in [-0.4, -0.2) is 21.1 Å². The highest BCUT2D eigenvalue weighted by Gasteiger charge is 2.08. The van der Waals surface area contributed by atoms with Crippen molar-refractivity contribution in [1.29, 1.82) is 0 Å². The van der Waals surface area contributed by atoms with Gasteiger partial charge in [0.05, 0.1) is 5.69 Å². The van der Waals surface area contributed by atoms with E-state index in [0.29, 0.717) is 12.8 Å². The molecule has 0 bridgehead atoms. The summed E-state index contributed by atoms with van der Waals surface area (Å²) in [7, 11) is 0. The van der Waals surface area contributed by atoms with Gasteiger partial charge in [-0.1, -0.05) is 30.3 Å². The number of nitrogens with one attached hydrogen (secondary N) is 3. The summed E-state index contributed by atoms with van der Waals surface area (Å²) in [6.07, 6.45) is 4.84. The van der Waals surface area contributed by atoms with Crippen molar-refractivity contribution >= 4 is 22.5 Å². The van der Waals surface area contributed by atoms with Crippen LogP contribution < -0.4 is 5.32 Å². The molecule has 0 fully saturated rings. The van der Waals surface area contributed by atoms with Crippen LogP contribution in [0.5, 0.6) is 0 Å². The van der Waals surface area contributed by atoms with Gasteiger partial charge >= 0.3 is 0 Å². The van der Waals surface area contributed by atoms with E-state index in [2.05, 4.69) is 26.6 Å². The van der Waals surface area contributed by atoms with Crippen LogP contribution in [0.2, 0.25) is 0 Å².